The summed E-state index contributed by atoms with van der Waals surface area (Å²) in [4.78, 5) is 28.3. The number of anilines is 1. The number of carboxylic acid groups (broad SMARTS) is 1. The van der Waals surface area contributed by atoms with Crippen LogP contribution in [0.1, 0.15) is 59.5 Å². The molecule has 0 bridgehead atoms. The highest BCUT2D eigenvalue weighted by Gasteiger charge is 2.29. The van der Waals surface area contributed by atoms with Crippen LogP contribution in [0.25, 0.3) is 0 Å². The zero-order valence-electron chi connectivity index (χ0n) is 14.7. The minimum Gasteiger partial charge on any atom is -0.478 e. The number of aromatic nitrogens is 1. The number of carbonyl (C=O) groups excluding carboxylic acids is 1. The number of rotatable bonds is 4. The van der Waals surface area contributed by atoms with E-state index in [0.717, 1.165) is 15.5 Å². The van der Waals surface area contributed by atoms with E-state index in [0.29, 0.717) is 6.42 Å². The molecule has 0 aliphatic rings. The number of pyridine rings is 1. The summed E-state index contributed by atoms with van der Waals surface area (Å²) >= 11 is 6.34. The summed E-state index contributed by atoms with van der Waals surface area (Å²) in [7, 11) is 0. The van der Waals surface area contributed by atoms with Crippen molar-refractivity contribution in [3.05, 3.63) is 58.9 Å². The summed E-state index contributed by atoms with van der Waals surface area (Å²) in [5, 5.41) is 9.57. The van der Waals surface area contributed by atoms with Crippen molar-refractivity contribution in [2.45, 2.75) is 39.5 Å². The van der Waals surface area contributed by atoms with E-state index in [4.69, 9.17) is 11.8 Å². The third-order valence-corrected chi connectivity index (χ3v) is 4.28. The zero-order chi connectivity index (χ0) is 18.8. The first-order chi connectivity index (χ1) is 11.7. The first-order valence-electron chi connectivity index (χ1n) is 7.98. The van der Waals surface area contributed by atoms with Gasteiger partial charge in [-0.2, -0.15) is 0 Å². The lowest BCUT2D eigenvalue weighted by atomic mass is 9.81. The SMILES string of the molecule is CCc1c(C(C)(C)C)ccc(C(=O)O)c1N(Cl)C(=O)c1cccnc1. The van der Waals surface area contributed by atoms with E-state index in [9.17, 15) is 14.7 Å². The fraction of sp³-hybridized carbons (Fsp3) is 0.316. The van der Waals surface area contributed by atoms with Crippen LogP contribution < -0.4 is 4.42 Å². The van der Waals surface area contributed by atoms with E-state index in [2.05, 4.69) is 4.98 Å². The highest BCUT2D eigenvalue weighted by atomic mass is 35.5. The zero-order valence-corrected chi connectivity index (χ0v) is 15.5. The summed E-state index contributed by atoms with van der Waals surface area (Å²) in [5.41, 5.74) is 2.00. The Hall–Kier alpha value is -2.40. The maximum atomic E-state index is 12.7. The maximum absolute atomic E-state index is 12.7. The lowest BCUT2D eigenvalue weighted by Gasteiger charge is -2.28. The van der Waals surface area contributed by atoms with Crippen LogP contribution in [0.4, 0.5) is 5.69 Å². The largest absolute Gasteiger partial charge is 0.478 e. The van der Waals surface area contributed by atoms with E-state index in [-0.39, 0.29) is 22.2 Å². The molecule has 5 nitrogen and oxygen atoms in total. The number of hydrogen-bond acceptors (Lipinski definition) is 3. The Morgan fingerprint density at radius 1 is 1.24 bits per heavy atom. The smallest absolute Gasteiger partial charge is 0.337 e. The van der Waals surface area contributed by atoms with Crippen molar-refractivity contribution in [3.63, 3.8) is 0 Å². The Balaban J connectivity index is 2.68. The molecule has 0 aliphatic heterocycles. The molecule has 1 heterocycles. The first-order valence-corrected chi connectivity index (χ1v) is 8.32. The van der Waals surface area contributed by atoms with Crippen molar-refractivity contribution in [1.29, 1.82) is 0 Å². The van der Waals surface area contributed by atoms with Gasteiger partial charge in [0.1, 0.15) is 0 Å². The second-order valence-electron chi connectivity index (χ2n) is 6.72. The second-order valence-corrected chi connectivity index (χ2v) is 7.06. The Kier molecular flexibility index (Phi) is 5.48. The van der Waals surface area contributed by atoms with Gasteiger partial charge in [-0.25, -0.2) is 9.21 Å². The molecule has 0 saturated heterocycles. The Labute approximate surface area is 152 Å². The summed E-state index contributed by atoms with van der Waals surface area (Å²) in [6.45, 7) is 8.02. The molecule has 0 fully saturated rings. The molecule has 0 atom stereocenters. The van der Waals surface area contributed by atoms with Crippen LogP contribution in [-0.4, -0.2) is 22.0 Å². The predicted octanol–water partition coefficient (Wildman–Crippen LogP) is 4.44. The van der Waals surface area contributed by atoms with E-state index in [1.165, 1.54) is 12.3 Å². The molecular formula is C19H21ClN2O3. The van der Waals surface area contributed by atoms with Gasteiger partial charge in [-0.1, -0.05) is 33.8 Å². The molecule has 0 spiro atoms. The number of amides is 1. The molecule has 2 aromatic rings. The van der Waals surface area contributed by atoms with Crippen LogP contribution in [0.15, 0.2) is 36.7 Å². The topological polar surface area (TPSA) is 70.5 Å². The summed E-state index contributed by atoms with van der Waals surface area (Å²) in [6, 6.07) is 6.52. The molecule has 1 amide bonds. The molecule has 6 heteroatoms. The standard InChI is InChI=1S/C19H21ClN2O3/c1-5-13-15(19(2,3)4)9-8-14(18(24)25)16(13)22(20)17(23)12-7-6-10-21-11-12/h6-11H,5H2,1-4H3,(H,24,25). The number of aromatic carboxylic acids is 1. The van der Waals surface area contributed by atoms with Crippen molar-refractivity contribution in [2.24, 2.45) is 0 Å². The number of benzene rings is 1. The molecule has 0 radical (unpaired) electrons. The van der Waals surface area contributed by atoms with Gasteiger partial charge in [0.25, 0.3) is 5.91 Å². The molecule has 2 rings (SSSR count). The average molecular weight is 361 g/mol. The number of carboxylic acids is 1. The average Bonchev–Trinajstić information content (AvgIpc) is 2.58. The summed E-state index contributed by atoms with van der Waals surface area (Å²) < 4.78 is 0.897. The summed E-state index contributed by atoms with van der Waals surface area (Å²) in [5.74, 6) is -1.65. The van der Waals surface area contributed by atoms with Crippen molar-refractivity contribution >= 4 is 29.3 Å². The van der Waals surface area contributed by atoms with E-state index >= 15 is 0 Å². The molecule has 25 heavy (non-hydrogen) atoms. The molecule has 0 saturated carbocycles. The molecule has 1 aromatic heterocycles. The third-order valence-electron chi connectivity index (χ3n) is 3.96. The number of carbonyl (C=O) groups is 2. The molecule has 0 aliphatic carbocycles. The van der Waals surface area contributed by atoms with Gasteiger partial charge in [0, 0.05) is 24.2 Å². The van der Waals surface area contributed by atoms with E-state index in [1.807, 2.05) is 27.7 Å². The van der Waals surface area contributed by atoms with Gasteiger partial charge in [0.2, 0.25) is 0 Å². The first kappa shape index (κ1) is 18.9. The fourth-order valence-corrected chi connectivity index (χ4v) is 3.09. The van der Waals surface area contributed by atoms with Gasteiger partial charge in [-0.3, -0.25) is 9.78 Å². The normalized spacial score (nSPS) is 11.2. The number of hydrogen-bond donors (Lipinski definition) is 1. The van der Waals surface area contributed by atoms with Crippen molar-refractivity contribution in [2.75, 3.05) is 4.42 Å². The van der Waals surface area contributed by atoms with Crippen molar-refractivity contribution < 1.29 is 14.7 Å². The minimum atomic E-state index is -1.13. The van der Waals surface area contributed by atoms with Gasteiger partial charge < -0.3 is 5.11 Å². The van der Waals surface area contributed by atoms with Crippen molar-refractivity contribution in [3.8, 4) is 0 Å². The van der Waals surface area contributed by atoms with Crippen LogP contribution in [0.5, 0.6) is 0 Å². The Bertz CT molecular complexity index is 798. The lowest BCUT2D eigenvalue weighted by molar-refractivity contribution is 0.0697. The van der Waals surface area contributed by atoms with Gasteiger partial charge in [-0.15, -0.1) is 0 Å². The van der Waals surface area contributed by atoms with Crippen molar-refractivity contribution in [1.82, 2.24) is 4.98 Å². The van der Waals surface area contributed by atoms with Crippen LogP contribution in [0.2, 0.25) is 0 Å². The third kappa shape index (κ3) is 3.82. The Morgan fingerprint density at radius 3 is 2.40 bits per heavy atom. The van der Waals surface area contributed by atoms with E-state index in [1.54, 1.807) is 24.4 Å². The molecular weight excluding hydrogens is 340 g/mol. The molecule has 0 unspecified atom stereocenters. The van der Waals surface area contributed by atoms with Crippen LogP contribution >= 0.6 is 11.8 Å². The predicted molar refractivity (Wildman–Crippen MR) is 98.4 cm³/mol. The minimum absolute atomic E-state index is 0.00269. The molecule has 1 aromatic carbocycles. The summed E-state index contributed by atoms with van der Waals surface area (Å²) in [6.07, 6.45) is 3.50. The Morgan fingerprint density at radius 2 is 1.92 bits per heavy atom. The van der Waals surface area contributed by atoms with Crippen LogP contribution in [-0.2, 0) is 11.8 Å². The lowest BCUT2D eigenvalue weighted by Crippen LogP contribution is -2.26. The van der Waals surface area contributed by atoms with Crippen LogP contribution in [0.3, 0.4) is 0 Å². The maximum Gasteiger partial charge on any atom is 0.337 e. The number of halogens is 1. The van der Waals surface area contributed by atoms with Crippen LogP contribution in [0, 0.1) is 0 Å². The highest BCUT2D eigenvalue weighted by Crippen LogP contribution is 2.37. The fourth-order valence-electron chi connectivity index (χ4n) is 2.80. The molecule has 1 N–H and O–H groups in total. The second kappa shape index (κ2) is 7.23. The van der Waals surface area contributed by atoms with Gasteiger partial charge >= 0.3 is 5.97 Å². The van der Waals surface area contributed by atoms with Gasteiger partial charge in [-0.05, 0) is 41.2 Å². The highest BCUT2D eigenvalue weighted by molar-refractivity contribution is 6.40. The van der Waals surface area contributed by atoms with Gasteiger partial charge in [0.15, 0.2) is 0 Å². The van der Waals surface area contributed by atoms with E-state index < -0.39 is 11.9 Å². The quantitative estimate of drug-likeness (QED) is 0.818. The van der Waals surface area contributed by atoms with Gasteiger partial charge in [0.05, 0.1) is 16.8 Å². The molecule has 132 valence electrons. The number of nitrogens with zero attached hydrogens (tertiary/aromatic N) is 2. The monoisotopic (exact) mass is 360 g/mol.